The molecule has 8 heteroatoms. The molecule has 27 heavy (non-hydrogen) atoms. The number of carbonyl (C=O) groups excluding carboxylic acids is 2. The topological polar surface area (TPSA) is 64.4 Å². The average molecular weight is 406 g/mol. The maximum Gasteiger partial charge on any atom is 0.241 e. The molecule has 0 unspecified atom stereocenters. The summed E-state index contributed by atoms with van der Waals surface area (Å²) >= 11 is 12.5. The van der Waals surface area contributed by atoms with Gasteiger partial charge in [0.2, 0.25) is 11.8 Å². The first-order valence-electron chi connectivity index (χ1n) is 8.96. The van der Waals surface area contributed by atoms with Crippen LogP contribution in [-0.2, 0) is 20.9 Å². The van der Waals surface area contributed by atoms with E-state index in [1.807, 2.05) is 6.92 Å². The molecule has 3 aliphatic rings. The number of amides is 2. The number of aromatic nitrogens is 2. The minimum Gasteiger partial charge on any atom is -0.373 e. The van der Waals surface area contributed by atoms with E-state index in [9.17, 15) is 9.59 Å². The molecule has 140 valence electrons. The van der Waals surface area contributed by atoms with Crippen LogP contribution in [0.4, 0.5) is 5.82 Å². The third-order valence-electron chi connectivity index (χ3n) is 5.85. The van der Waals surface area contributed by atoms with Crippen molar-refractivity contribution in [1.82, 2.24) is 9.78 Å². The van der Waals surface area contributed by atoms with Gasteiger partial charge in [0.1, 0.15) is 0 Å². The zero-order valence-electron chi connectivity index (χ0n) is 14.6. The number of benzene rings is 1. The van der Waals surface area contributed by atoms with Crippen LogP contribution in [0.3, 0.4) is 0 Å². The van der Waals surface area contributed by atoms with Crippen molar-refractivity contribution >= 4 is 40.8 Å². The molecule has 0 aliphatic carbocycles. The fourth-order valence-corrected chi connectivity index (χ4v) is 5.05. The van der Waals surface area contributed by atoms with Crippen molar-refractivity contribution in [2.75, 3.05) is 4.90 Å². The number of imide groups is 1. The van der Waals surface area contributed by atoms with Crippen LogP contribution in [0, 0.1) is 18.8 Å². The summed E-state index contributed by atoms with van der Waals surface area (Å²) in [4.78, 5) is 27.1. The van der Waals surface area contributed by atoms with Crippen LogP contribution < -0.4 is 4.90 Å². The molecule has 4 heterocycles. The van der Waals surface area contributed by atoms with Crippen LogP contribution in [0.1, 0.15) is 24.1 Å². The van der Waals surface area contributed by atoms with E-state index < -0.39 is 0 Å². The fourth-order valence-electron chi connectivity index (χ4n) is 4.53. The number of halogens is 2. The Morgan fingerprint density at radius 1 is 1.11 bits per heavy atom. The number of hydrogen-bond acceptors (Lipinski definition) is 4. The summed E-state index contributed by atoms with van der Waals surface area (Å²) in [5.74, 6) is -0.755. The second-order valence-electron chi connectivity index (χ2n) is 7.36. The molecule has 0 N–H and O–H groups in total. The predicted molar refractivity (Wildman–Crippen MR) is 99.9 cm³/mol. The highest BCUT2D eigenvalue weighted by molar-refractivity contribution is 6.36. The van der Waals surface area contributed by atoms with Gasteiger partial charge in [0.15, 0.2) is 5.82 Å². The molecule has 3 saturated heterocycles. The van der Waals surface area contributed by atoms with E-state index in [4.69, 9.17) is 27.9 Å². The lowest BCUT2D eigenvalue weighted by molar-refractivity contribution is -0.124. The number of hydrogen-bond donors (Lipinski definition) is 0. The van der Waals surface area contributed by atoms with Gasteiger partial charge in [0.05, 0.1) is 30.6 Å². The lowest BCUT2D eigenvalue weighted by Gasteiger charge is -2.15. The van der Waals surface area contributed by atoms with E-state index in [0.29, 0.717) is 22.4 Å². The highest BCUT2D eigenvalue weighted by Gasteiger charge is 2.63. The molecular weight excluding hydrogens is 389 g/mol. The quantitative estimate of drug-likeness (QED) is 0.735. The third-order valence-corrected chi connectivity index (χ3v) is 6.56. The van der Waals surface area contributed by atoms with E-state index >= 15 is 0 Å². The number of nitrogens with zero attached hydrogens (tertiary/aromatic N) is 3. The minimum absolute atomic E-state index is 0.133. The summed E-state index contributed by atoms with van der Waals surface area (Å²) in [5, 5.41) is 5.61. The van der Waals surface area contributed by atoms with Crippen molar-refractivity contribution in [3.63, 3.8) is 0 Å². The van der Waals surface area contributed by atoms with Crippen LogP contribution in [0.5, 0.6) is 0 Å². The van der Waals surface area contributed by atoms with Gasteiger partial charge in [-0.25, -0.2) is 4.90 Å². The molecule has 5 rings (SSSR count). The average Bonchev–Trinajstić information content (AvgIpc) is 3.36. The third kappa shape index (κ3) is 2.47. The summed E-state index contributed by atoms with van der Waals surface area (Å²) in [6, 6.07) is 7.08. The van der Waals surface area contributed by atoms with Crippen molar-refractivity contribution in [1.29, 1.82) is 0 Å². The van der Waals surface area contributed by atoms with Gasteiger partial charge in [-0.05, 0) is 31.9 Å². The second kappa shape index (κ2) is 6.06. The van der Waals surface area contributed by atoms with E-state index in [1.165, 1.54) is 4.90 Å². The van der Waals surface area contributed by atoms with Gasteiger partial charge < -0.3 is 4.74 Å². The van der Waals surface area contributed by atoms with Gasteiger partial charge in [-0.1, -0.05) is 29.3 Å². The summed E-state index contributed by atoms with van der Waals surface area (Å²) < 4.78 is 7.49. The fraction of sp³-hybridized carbons (Fsp3) is 0.421. The first kappa shape index (κ1) is 17.2. The summed E-state index contributed by atoms with van der Waals surface area (Å²) in [7, 11) is 0. The van der Waals surface area contributed by atoms with Gasteiger partial charge in [-0.15, -0.1) is 0 Å². The molecule has 1 aromatic carbocycles. The molecule has 4 atom stereocenters. The van der Waals surface area contributed by atoms with E-state index in [1.54, 1.807) is 28.9 Å². The van der Waals surface area contributed by atoms with E-state index in [2.05, 4.69) is 5.10 Å². The summed E-state index contributed by atoms with van der Waals surface area (Å²) in [6.45, 7) is 2.24. The Hall–Kier alpha value is -1.89. The molecule has 2 amide bonds. The van der Waals surface area contributed by atoms with Crippen molar-refractivity contribution in [3.05, 3.63) is 45.6 Å². The van der Waals surface area contributed by atoms with Crippen molar-refractivity contribution in [2.45, 2.75) is 38.5 Å². The van der Waals surface area contributed by atoms with Crippen LogP contribution in [0.2, 0.25) is 10.0 Å². The van der Waals surface area contributed by atoms with Gasteiger partial charge >= 0.3 is 0 Å². The highest BCUT2D eigenvalue weighted by atomic mass is 35.5. The van der Waals surface area contributed by atoms with Crippen LogP contribution in [-0.4, -0.2) is 33.8 Å². The molecule has 0 radical (unpaired) electrons. The molecule has 3 fully saturated rings. The zero-order valence-corrected chi connectivity index (χ0v) is 16.1. The minimum atomic E-state index is -0.361. The molecule has 0 spiro atoms. The lowest BCUT2D eigenvalue weighted by atomic mass is 9.81. The molecular formula is C19H17Cl2N3O3. The Morgan fingerprint density at radius 3 is 2.30 bits per heavy atom. The van der Waals surface area contributed by atoms with Crippen LogP contribution in [0.15, 0.2) is 24.3 Å². The monoisotopic (exact) mass is 405 g/mol. The van der Waals surface area contributed by atoms with Crippen molar-refractivity contribution in [3.8, 4) is 0 Å². The Bertz CT molecular complexity index is 925. The van der Waals surface area contributed by atoms with Gasteiger partial charge in [0, 0.05) is 27.4 Å². The molecule has 6 nitrogen and oxygen atoms in total. The number of aryl methyl sites for hydroxylation is 1. The Labute approximate surface area is 166 Å². The van der Waals surface area contributed by atoms with E-state index in [0.717, 1.165) is 24.1 Å². The van der Waals surface area contributed by atoms with E-state index in [-0.39, 0.29) is 35.9 Å². The van der Waals surface area contributed by atoms with Gasteiger partial charge in [-0.3, -0.25) is 14.3 Å². The molecule has 3 aliphatic heterocycles. The van der Waals surface area contributed by atoms with Crippen molar-refractivity contribution < 1.29 is 14.3 Å². The Kier molecular flexibility index (Phi) is 3.86. The normalized spacial score (nSPS) is 29.1. The van der Waals surface area contributed by atoms with Crippen LogP contribution >= 0.6 is 23.2 Å². The number of rotatable bonds is 3. The summed E-state index contributed by atoms with van der Waals surface area (Å²) in [6.07, 6.45) is 1.42. The Morgan fingerprint density at radius 2 is 1.70 bits per heavy atom. The smallest absolute Gasteiger partial charge is 0.241 e. The first-order valence-corrected chi connectivity index (χ1v) is 9.72. The standard InChI is InChI=1S/C19H17Cl2N3O3/c1-9-7-15(22-23(9)8-10-11(20)3-2-4-12(10)21)24-18(25)16-13-5-6-14(27-13)17(16)19(24)26/h2-4,7,13-14,16-17H,5-6,8H2,1H3/t13-,14-,16+,17+/m1/s1. The number of carbonyl (C=O) groups is 2. The zero-order chi connectivity index (χ0) is 18.9. The highest BCUT2D eigenvalue weighted by Crippen LogP contribution is 2.49. The molecule has 1 aromatic heterocycles. The van der Waals surface area contributed by atoms with Gasteiger partial charge in [-0.2, -0.15) is 5.10 Å². The van der Waals surface area contributed by atoms with Gasteiger partial charge in [0.25, 0.3) is 0 Å². The number of fused-ring (bicyclic) bond motifs is 5. The first-order chi connectivity index (χ1) is 13.0. The number of anilines is 1. The predicted octanol–water partition coefficient (Wildman–Crippen LogP) is 3.21. The lowest BCUT2D eigenvalue weighted by Crippen LogP contribution is -2.34. The Balaban J connectivity index is 1.47. The summed E-state index contributed by atoms with van der Waals surface area (Å²) in [5.41, 5.74) is 1.57. The maximum absolute atomic E-state index is 12.9. The largest absolute Gasteiger partial charge is 0.373 e. The molecule has 2 aromatic rings. The molecule has 2 bridgehead atoms. The maximum atomic E-state index is 12.9. The van der Waals surface area contributed by atoms with Crippen LogP contribution in [0.25, 0.3) is 0 Å². The second-order valence-corrected chi connectivity index (χ2v) is 8.17. The number of ether oxygens (including phenoxy) is 1. The SMILES string of the molecule is Cc1cc(N2C(=O)[C@@H]3[C@@H](C2=O)[C@H]2CC[C@H]3O2)nn1Cc1c(Cl)cccc1Cl. The molecule has 0 saturated carbocycles. The van der Waals surface area contributed by atoms with Crippen molar-refractivity contribution in [2.24, 2.45) is 11.8 Å².